The fraction of sp³-hybridized carbons (Fsp3) is 0.900. The fourth-order valence-electron chi connectivity index (χ4n) is 2.69. The molecule has 15 heavy (non-hydrogen) atoms. The van der Waals surface area contributed by atoms with Crippen molar-refractivity contribution >= 4 is 5.97 Å². The average molecular weight is 215 g/mol. The van der Waals surface area contributed by atoms with Gasteiger partial charge >= 0.3 is 5.97 Å². The summed E-state index contributed by atoms with van der Waals surface area (Å²) >= 11 is 0. The van der Waals surface area contributed by atoms with Gasteiger partial charge in [0.05, 0.1) is 11.5 Å². The van der Waals surface area contributed by atoms with Crippen molar-refractivity contribution in [1.29, 1.82) is 0 Å². The maximum atomic E-state index is 12.0. The van der Waals surface area contributed by atoms with E-state index in [1.54, 1.807) is 27.7 Å². The molecule has 1 saturated heterocycles. The van der Waals surface area contributed by atoms with Crippen LogP contribution in [0.1, 0.15) is 34.1 Å². The van der Waals surface area contributed by atoms with Crippen LogP contribution in [-0.2, 0) is 10.0 Å². The number of nitrogens with two attached hydrogens (primary N) is 1. The molecule has 0 bridgehead atoms. The zero-order valence-electron chi connectivity index (χ0n) is 9.65. The lowest BCUT2D eigenvalue weighted by molar-refractivity contribution is -0.302. The predicted octanol–water partition coefficient (Wildman–Crippen LogP) is 0.623. The number of aliphatic carboxylic acids is 1. The van der Waals surface area contributed by atoms with E-state index < -0.39 is 29.0 Å². The molecule has 3 N–H and O–H groups in total. The molecule has 0 aromatic carbocycles. The van der Waals surface area contributed by atoms with Gasteiger partial charge in [-0.05, 0) is 34.1 Å². The van der Waals surface area contributed by atoms with E-state index >= 15 is 0 Å². The van der Waals surface area contributed by atoms with Crippen LogP contribution < -0.4 is 5.73 Å². The number of nitrogens with zero attached hydrogens (tertiary/aromatic N) is 1. The van der Waals surface area contributed by atoms with Gasteiger partial charge < -0.3 is 10.8 Å². The van der Waals surface area contributed by atoms with Crippen LogP contribution in [0.4, 0.5) is 0 Å². The number of piperidine rings is 1. The van der Waals surface area contributed by atoms with E-state index in [4.69, 9.17) is 10.8 Å². The molecular formula is C10H19N2O3. The largest absolute Gasteiger partial charge is 0.481 e. The van der Waals surface area contributed by atoms with Crippen molar-refractivity contribution in [3.8, 4) is 0 Å². The van der Waals surface area contributed by atoms with Gasteiger partial charge in [-0.1, -0.05) is 0 Å². The standard InChI is InChI=1S/C10H19N2O3/c1-9(2)5-6(11)7(8(13)14)10(3,4)12(9)15/h6-7H,5,11H2,1-4H3,(H,13,14)/t6-,7+/m1/s1. The van der Waals surface area contributed by atoms with Gasteiger partial charge in [-0.3, -0.25) is 4.79 Å². The first kappa shape index (κ1) is 12.4. The number of carboxylic acids is 1. The maximum absolute atomic E-state index is 12.0. The molecule has 0 unspecified atom stereocenters. The third-order valence-electron chi connectivity index (χ3n) is 3.26. The summed E-state index contributed by atoms with van der Waals surface area (Å²) in [6.45, 7) is 6.86. The Labute approximate surface area is 89.8 Å². The normalized spacial score (nSPS) is 35.1. The van der Waals surface area contributed by atoms with E-state index in [1.807, 2.05) is 0 Å². The van der Waals surface area contributed by atoms with Gasteiger partial charge in [-0.15, -0.1) is 10.3 Å². The Morgan fingerprint density at radius 2 is 1.87 bits per heavy atom. The Kier molecular flexibility index (Phi) is 2.84. The van der Waals surface area contributed by atoms with Crippen molar-refractivity contribution in [1.82, 2.24) is 5.06 Å². The highest BCUT2D eigenvalue weighted by molar-refractivity contribution is 5.73. The number of hydroxylamine groups is 2. The van der Waals surface area contributed by atoms with Crippen LogP contribution >= 0.6 is 0 Å². The maximum Gasteiger partial charge on any atom is 0.310 e. The highest BCUT2D eigenvalue weighted by Crippen LogP contribution is 2.40. The minimum Gasteiger partial charge on any atom is -0.481 e. The first-order chi connectivity index (χ1) is 6.60. The molecule has 2 atom stereocenters. The predicted molar refractivity (Wildman–Crippen MR) is 54.4 cm³/mol. The molecule has 1 aliphatic rings. The lowest BCUT2D eigenvalue weighted by Crippen LogP contribution is -2.68. The summed E-state index contributed by atoms with van der Waals surface area (Å²) in [5.74, 6) is -1.81. The third-order valence-corrected chi connectivity index (χ3v) is 3.26. The molecule has 1 aliphatic heterocycles. The Morgan fingerprint density at radius 3 is 2.27 bits per heavy atom. The summed E-state index contributed by atoms with van der Waals surface area (Å²) in [5.41, 5.74) is 4.28. The van der Waals surface area contributed by atoms with Crippen LogP contribution in [0.25, 0.3) is 0 Å². The van der Waals surface area contributed by atoms with Crippen molar-refractivity contribution in [2.24, 2.45) is 11.7 Å². The molecule has 0 spiro atoms. The molecule has 5 heteroatoms. The number of carbonyl (C=O) groups is 1. The van der Waals surface area contributed by atoms with Gasteiger partial charge in [0.15, 0.2) is 0 Å². The number of hydrogen-bond donors (Lipinski definition) is 2. The molecular weight excluding hydrogens is 196 g/mol. The molecule has 1 radical (unpaired) electrons. The molecule has 0 amide bonds. The summed E-state index contributed by atoms with van der Waals surface area (Å²) in [5, 5.41) is 22.0. The Morgan fingerprint density at radius 1 is 1.40 bits per heavy atom. The quantitative estimate of drug-likeness (QED) is 0.671. The lowest BCUT2D eigenvalue weighted by atomic mass is 9.71. The Balaban J connectivity index is 3.10. The van der Waals surface area contributed by atoms with Gasteiger partial charge in [0.25, 0.3) is 0 Å². The molecule has 0 saturated carbocycles. The Bertz CT molecular complexity index is 276. The summed E-state index contributed by atoms with van der Waals surface area (Å²) in [6, 6.07) is -0.474. The number of hydrogen-bond acceptors (Lipinski definition) is 3. The second-order valence-electron chi connectivity index (χ2n) is 5.44. The van der Waals surface area contributed by atoms with Crippen molar-refractivity contribution in [2.45, 2.75) is 51.2 Å². The second-order valence-corrected chi connectivity index (χ2v) is 5.44. The van der Waals surface area contributed by atoms with Crippen LogP contribution in [-0.4, -0.2) is 33.3 Å². The van der Waals surface area contributed by atoms with Gasteiger partial charge in [0.1, 0.15) is 0 Å². The molecule has 1 rings (SSSR count). The molecule has 0 aliphatic carbocycles. The Hall–Kier alpha value is -0.650. The monoisotopic (exact) mass is 215 g/mol. The number of rotatable bonds is 1. The molecule has 0 aromatic rings. The minimum absolute atomic E-state index is 0.400. The van der Waals surface area contributed by atoms with Crippen LogP contribution in [0.15, 0.2) is 0 Å². The SMILES string of the molecule is CC1(C)C[C@@H](N)[C@@H](C(=O)O)C(C)(C)N1[O]. The summed E-state index contributed by atoms with van der Waals surface area (Å²) in [4.78, 5) is 11.1. The number of carboxylic acid groups (broad SMARTS) is 1. The average Bonchev–Trinajstić information content (AvgIpc) is 1.98. The van der Waals surface area contributed by atoms with E-state index in [-0.39, 0.29) is 0 Å². The van der Waals surface area contributed by atoms with E-state index in [0.29, 0.717) is 6.42 Å². The molecule has 1 heterocycles. The third kappa shape index (κ3) is 1.87. The van der Waals surface area contributed by atoms with E-state index in [1.165, 1.54) is 0 Å². The van der Waals surface area contributed by atoms with Crippen LogP contribution in [0, 0.1) is 5.92 Å². The smallest absolute Gasteiger partial charge is 0.310 e. The van der Waals surface area contributed by atoms with Gasteiger partial charge in [0, 0.05) is 11.6 Å². The first-order valence-corrected chi connectivity index (χ1v) is 5.06. The van der Waals surface area contributed by atoms with Crippen molar-refractivity contribution in [2.75, 3.05) is 0 Å². The highest BCUT2D eigenvalue weighted by Gasteiger charge is 2.54. The lowest BCUT2D eigenvalue weighted by Gasteiger charge is -2.52. The fourth-order valence-corrected chi connectivity index (χ4v) is 2.69. The highest BCUT2D eigenvalue weighted by atomic mass is 16.5. The summed E-state index contributed by atoms with van der Waals surface area (Å²) in [6.07, 6.45) is 0.400. The summed E-state index contributed by atoms with van der Waals surface area (Å²) in [7, 11) is 0. The van der Waals surface area contributed by atoms with Crippen molar-refractivity contribution in [3.05, 3.63) is 0 Å². The first-order valence-electron chi connectivity index (χ1n) is 5.06. The van der Waals surface area contributed by atoms with Crippen LogP contribution in [0.2, 0.25) is 0 Å². The second kappa shape index (κ2) is 3.43. The van der Waals surface area contributed by atoms with Crippen LogP contribution in [0.5, 0.6) is 0 Å². The molecule has 0 aromatic heterocycles. The van der Waals surface area contributed by atoms with Gasteiger partial charge in [0.2, 0.25) is 0 Å². The zero-order valence-corrected chi connectivity index (χ0v) is 9.65. The topological polar surface area (TPSA) is 86.5 Å². The minimum atomic E-state index is -0.996. The molecule has 1 fully saturated rings. The summed E-state index contributed by atoms with van der Waals surface area (Å²) < 4.78 is 0. The van der Waals surface area contributed by atoms with Crippen LogP contribution in [0.3, 0.4) is 0 Å². The van der Waals surface area contributed by atoms with Crippen molar-refractivity contribution < 1.29 is 15.1 Å². The van der Waals surface area contributed by atoms with Crippen molar-refractivity contribution in [3.63, 3.8) is 0 Å². The van der Waals surface area contributed by atoms with Gasteiger partial charge in [-0.25, -0.2) is 0 Å². The van der Waals surface area contributed by atoms with Gasteiger partial charge in [-0.2, -0.15) is 0 Å². The van der Waals surface area contributed by atoms with E-state index in [2.05, 4.69) is 0 Å². The van der Waals surface area contributed by atoms with E-state index in [9.17, 15) is 10.0 Å². The van der Waals surface area contributed by atoms with E-state index in [0.717, 1.165) is 5.06 Å². The zero-order chi connectivity index (χ0) is 12.0. The molecule has 5 nitrogen and oxygen atoms in total. The molecule has 87 valence electrons.